The van der Waals surface area contributed by atoms with Gasteiger partial charge in [-0.2, -0.15) is 0 Å². The van der Waals surface area contributed by atoms with Crippen molar-refractivity contribution >= 4 is 52.3 Å². The normalized spacial score (nSPS) is 13.6. The van der Waals surface area contributed by atoms with E-state index in [0.29, 0.717) is 58.9 Å². The maximum absolute atomic E-state index is 13.4. The minimum absolute atomic E-state index is 0.110. The van der Waals surface area contributed by atoms with Crippen molar-refractivity contribution in [3.05, 3.63) is 97.5 Å². The lowest BCUT2D eigenvalue weighted by atomic mass is 10.1. The van der Waals surface area contributed by atoms with Crippen LogP contribution in [-0.4, -0.2) is 59.6 Å². The van der Waals surface area contributed by atoms with E-state index in [-0.39, 0.29) is 16.2 Å². The second-order valence-corrected chi connectivity index (χ2v) is 9.91. The number of amides is 1. The maximum atomic E-state index is 13.4. The van der Waals surface area contributed by atoms with E-state index in [9.17, 15) is 14.4 Å². The first-order chi connectivity index (χ1) is 18.3. The Balaban J connectivity index is 1.40. The second kappa shape index (κ2) is 10.4. The summed E-state index contributed by atoms with van der Waals surface area (Å²) in [4.78, 5) is 45.7. The lowest BCUT2D eigenvalue weighted by molar-refractivity contribution is 0.0600. The Hall–Kier alpha value is -3.95. The van der Waals surface area contributed by atoms with Crippen molar-refractivity contribution in [2.75, 3.05) is 38.2 Å². The average Bonchev–Trinajstić information content (AvgIpc) is 2.93. The molecule has 1 amide bonds. The fourth-order valence-corrected chi connectivity index (χ4v) is 5.20. The van der Waals surface area contributed by atoms with Crippen molar-refractivity contribution < 1.29 is 14.3 Å². The van der Waals surface area contributed by atoms with Gasteiger partial charge in [0.1, 0.15) is 0 Å². The third-order valence-corrected chi connectivity index (χ3v) is 7.27. The van der Waals surface area contributed by atoms with Gasteiger partial charge in [0, 0.05) is 42.5 Å². The number of hydrogen-bond donors (Lipinski definition) is 1. The summed E-state index contributed by atoms with van der Waals surface area (Å²) in [5.41, 5.74) is 3.55. The number of aromatic amines is 1. The molecule has 0 unspecified atom stereocenters. The average molecular weight is 549 g/mol. The monoisotopic (exact) mass is 548 g/mol. The number of nitrogens with zero attached hydrogens (tertiary/aromatic N) is 3. The van der Waals surface area contributed by atoms with Crippen LogP contribution in [0.1, 0.15) is 26.3 Å². The topological polar surface area (TPSA) is 87.6 Å². The van der Waals surface area contributed by atoms with Gasteiger partial charge >= 0.3 is 5.97 Å². The van der Waals surface area contributed by atoms with Crippen LogP contribution in [0.25, 0.3) is 16.6 Å². The van der Waals surface area contributed by atoms with E-state index in [1.807, 2.05) is 30.0 Å². The number of esters is 1. The highest BCUT2D eigenvalue weighted by Crippen LogP contribution is 2.26. The molecule has 10 heteroatoms. The van der Waals surface area contributed by atoms with Crippen LogP contribution in [0, 0.1) is 11.7 Å². The molecule has 8 nitrogen and oxygen atoms in total. The van der Waals surface area contributed by atoms with E-state index in [1.165, 1.54) is 23.8 Å². The standard InChI is InChI=1S/C28H25ClN4O4S/c1-17-6-8-20(29)16-24(17)31-10-12-32(13-11-31)25(34)18-4-3-5-21(14-18)33-26(35)22-9-7-19(27(36)37-2)15-23(22)30-28(33)38/h3-9,14-16H,10-13H2,1-2H3,(H,30,38). The fourth-order valence-electron chi connectivity index (χ4n) is 4.73. The Morgan fingerprint density at radius 1 is 0.974 bits per heavy atom. The SMILES string of the molecule is COC(=O)c1ccc2c(=O)n(-c3cccc(C(=O)N4CCN(c5cc(Cl)ccc5C)CC4)c3)c(=S)[nH]c2c1. The van der Waals surface area contributed by atoms with Gasteiger partial charge in [0.2, 0.25) is 0 Å². The smallest absolute Gasteiger partial charge is 0.337 e. The third kappa shape index (κ3) is 4.82. The maximum Gasteiger partial charge on any atom is 0.337 e. The summed E-state index contributed by atoms with van der Waals surface area (Å²) < 4.78 is 6.26. The number of methoxy groups -OCH3 is 1. The highest BCUT2D eigenvalue weighted by atomic mass is 35.5. The minimum atomic E-state index is -0.509. The van der Waals surface area contributed by atoms with Crippen molar-refractivity contribution in [3.63, 3.8) is 0 Å². The molecule has 0 atom stereocenters. The van der Waals surface area contributed by atoms with Crippen LogP contribution < -0.4 is 10.5 Å². The number of halogens is 1. The number of H-pyrrole nitrogens is 1. The lowest BCUT2D eigenvalue weighted by Gasteiger charge is -2.37. The summed E-state index contributed by atoms with van der Waals surface area (Å²) in [7, 11) is 1.29. The van der Waals surface area contributed by atoms with Crippen LogP contribution in [0.5, 0.6) is 0 Å². The van der Waals surface area contributed by atoms with Crippen LogP contribution in [0.2, 0.25) is 5.02 Å². The largest absolute Gasteiger partial charge is 0.465 e. The van der Waals surface area contributed by atoms with Crippen LogP contribution >= 0.6 is 23.8 Å². The zero-order valence-corrected chi connectivity index (χ0v) is 22.4. The van der Waals surface area contributed by atoms with Gasteiger partial charge in [0.25, 0.3) is 11.5 Å². The van der Waals surface area contributed by atoms with E-state index < -0.39 is 5.97 Å². The molecular weight excluding hydrogens is 524 g/mol. The Morgan fingerprint density at radius 3 is 2.47 bits per heavy atom. The van der Waals surface area contributed by atoms with Gasteiger partial charge in [-0.3, -0.25) is 14.2 Å². The van der Waals surface area contributed by atoms with Gasteiger partial charge in [-0.1, -0.05) is 23.7 Å². The summed E-state index contributed by atoms with van der Waals surface area (Å²) in [5.74, 6) is -0.620. The van der Waals surface area contributed by atoms with Gasteiger partial charge in [-0.05, 0) is 73.2 Å². The Kier molecular flexibility index (Phi) is 7.05. The summed E-state index contributed by atoms with van der Waals surface area (Å²) >= 11 is 11.7. The lowest BCUT2D eigenvalue weighted by Crippen LogP contribution is -2.49. The van der Waals surface area contributed by atoms with E-state index in [4.69, 9.17) is 28.6 Å². The van der Waals surface area contributed by atoms with Crippen LogP contribution in [0.4, 0.5) is 5.69 Å². The van der Waals surface area contributed by atoms with E-state index in [2.05, 4.69) is 9.88 Å². The molecule has 0 bridgehead atoms. The molecule has 1 aliphatic rings. The number of carbonyl (C=O) groups is 2. The first-order valence-corrected chi connectivity index (χ1v) is 12.8. The molecule has 38 heavy (non-hydrogen) atoms. The molecule has 5 rings (SSSR count). The molecule has 0 saturated carbocycles. The van der Waals surface area contributed by atoms with E-state index in [1.54, 1.807) is 30.3 Å². The fraction of sp³-hybridized carbons (Fsp3) is 0.214. The summed E-state index contributed by atoms with van der Waals surface area (Å²) in [5, 5.41) is 1.04. The van der Waals surface area contributed by atoms with E-state index >= 15 is 0 Å². The Bertz CT molecular complexity index is 1690. The predicted octanol–water partition coefficient (Wildman–Crippen LogP) is 4.76. The van der Waals surface area contributed by atoms with E-state index in [0.717, 1.165) is 11.3 Å². The number of aryl methyl sites for hydroxylation is 1. The zero-order valence-electron chi connectivity index (χ0n) is 20.9. The van der Waals surface area contributed by atoms with Gasteiger partial charge in [0.15, 0.2) is 4.77 Å². The molecule has 3 aromatic carbocycles. The highest BCUT2D eigenvalue weighted by molar-refractivity contribution is 7.71. The van der Waals surface area contributed by atoms with Crippen molar-refractivity contribution in [1.82, 2.24) is 14.5 Å². The first kappa shape index (κ1) is 25.7. The number of rotatable bonds is 4. The molecule has 1 aliphatic heterocycles. The summed E-state index contributed by atoms with van der Waals surface area (Å²) in [6.07, 6.45) is 0. The number of piperazine rings is 1. The molecule has 0 spiro atoms. The number of fused-ring (bicyclic) bond motifs is 1. The zero-order chi connectivity index (χ0) is 27.0. The quantitative estimate of drug-likeness (QED) is 0.292. The van der Waals surface area contributed by atoms with Gasteiger partial charge < -0.3 is 19.5 Å². The Labute approximate surface area is 229 Å². The summed E-state index contributed by atoms with van der Waals surface area (Å²) in [6.45, 7) is 4.55. The molecular formula is C28H25ClN4O4S. The number of carbonyl (C=O) groups excluding carboxylic acids is 2. The molecule has 0 aliphatic carbocycles. The highest BCUT2D eigenvalue weighted by Gasteiger charge is 2.24. The number of nitrogens with one attached hydrogen (secondary N) is 1. The van der Waals surface area contributed by atoms with Gasteiger partial charge in [-0.15, -0.1) is 0 Å². The molecule has 0 radical (unpaired) electrons. The number of ether oxygens (including phenoxy) is 1. The summed E-state index contributed by atoms with van der Waals surface area (Å²) in [6, 6.07) is 17.3. The molecule has 1 saturated heterocycles. The van der Waals surface area contributed by atoms with Crippen LogP contribution in [0.3, 0.4) is 0 Å². The van der Waals surface area contributed by atoms with Crippen LogP contribution in [-0.2, 0) is 4.74 Å². The molecule has 2 heterocycles. The molecule has 1 N–H and O–H groups in total. The number of anilines is 1. The van der Waals surface area contributed by atoms with Gasteiger partial charge in [0.05, 0.1) is 29.3 Å². The number of hydrogen-bond acceptors (Lipinski definition) is 6. The van der Waals surface area contributed by atoms with Crippen molar-refractivity contribution in [2.24, 2.45) is 0 Å². The third-order valence-electron chi connectivity index (χ3n) is 6.75. The molecule has 194 valence electrons. The van der Waals surface area contributed by atoms with Crippen LogP contribution in [0.15, 0.2) is 65.5 Å². The second-order valence-electron chi connectivity index (χ2n) is 9.08. The first-order valence-electron chi connectivity index (χ1n) is 12.0. The number of benzene rings is 3. The molecule has 1 aromatic heterocycles. The minimum Gasteiger partial charge on any atom is -0.465 e. The van der Waals surface area contributed by atoms with Crippen molar-refractivity contribution in [2.45, 2.75) is 6.92 Å². The predicted molar refractivity (Wildman–Crippen MR) is 150 cm³/mol. The molecule has 1 fully saturated rings. The van der Waals surface area contributed by atoms with Crippen molar-refractivity contribution in [3.8, 4) is 5.69 Å². The number of aromatic nitrogens is 2. The Morgan fingerprint density at radius 2 is 1.74 bits per heavy atom. The van der Waals surface area contributed by atoms with Gasteiger partial charge in [-0.25, -0.2) is 4.79 Å². The molecule has 4 aromatic rings. The van der Waals surface area contributed by atoms with Crippen molar-refractivity contribution in [1.29, 1.82) is 0 Å².